The molecule has 1 atom stereocenters. The molecule has 4 rings (SSSR count). The van der Waals surface area contributed by atoms with Gasteiger partial charge in [-0.25, -0.2) is 4.98 Å². The molecule has 0 unspecified atom stereocenters. The first-order valence-corrected chi connectivity index (χ1v) is 8.22. The van der Waals surface area contributed by atoms with Crippen LogP contribution < -0.4 is 0 Å². The van der Waals surface area contributed by atoms with Gasteiger partial charge in [-0.1, -0.05) is 12.8 Å². The van der Waals surface area contributed by atoms with Crippen LogP contribution in [0.4, 0.5) is 0 Å². The lowest BCUT2D eigenvalue weighted by Gasteiger charge is -2.35. The minimum absolute atomic E-state index is 0.0464. The van der Waals surface area contributed by atoms with Crippen LogP contribution in [0.1, 0.15) is 29.1 Å². The molecule has 0 aromatic carbocycles. The van der Waals surface area contributed by atoms with Gasteiger partial charge in [0.05, 0.1) is 30.2 Å². The van der Waals surface area contributed by atoms with E-state index in [1.54, 1.807) is 12.4 Å². The molecule has 2 aromatic rings. The summed E-state index contributed by atoms with van der Waals surface area (Å²) in [5, 5.41) is 0.570. The van der Waals surface area contributed by atoms with Gasteiger partial charge in [-0.15, -0.1) is 11.3 Å². The maximum Gasteiger partial charge on any atom is 0.283 e. The summed E-state index contributed by atoms with van der Waals surface area (Å²) in [5.41, 5.74) is 0.804. The van der Waals surface area contributed by atoms with Gasteiger partial charge in [0.25, 0.3) is 5.91 Å². The molecule has 2 fully saturated rings. The number of carbonyl (C=O) groups is 1. The molecule has 3 heterocycles. The van der Waals surface area contributed by atoms with E-state index in [1.165, 1.54) is 24.2 Å². The van der Waals surface area contributed by atoms with Gasteiger partial charge in [0.1, 0.15) is 5.52 Å². The zero-order chi connectivity index (χ0) is 14.2. The van der Waals surface area contributed by atoms with E-state index in [9.17, 15) is 4.79 Å². The molecule has 1 saturated carbocycles. The smallest absolute Gasteiger partial charge is 0.283 e. The normalized spacial score (nSPS) is 22.7. The number of hydrogen-bond donors (Lipinski definition) is 0. The minimum Gasteiger partial charge on any atom is -0.377 e. The van der Waals surface area contributed by atoms with Crippen molar-refractivity contribution in [1.29, 1.82) is 0 Å². The molecule has 2 aliphatic rings. The second-order valence-electron chi connectivity index (χ2n) is 5.77. The van der Waals surface area contributed by atoms with Crippen LogP contribution in [0.3, 0.4) is 0 Å². The molecule has 1 amide bonds. The van der Waals surface area contributed by atoms with Gasteiger partial charge in [0.15, 0.2) is 5.01 Å². The molecule has 1 aliphatic carbocycles. The Morgan fingerprint density at radius 1 is 1.48 bits per heavy atom. The molecule has 6 heteroatoms. The first-order valence-electron chi connectivity index (χ1n) is 7.40. The number of carbonyl (C=O) groups excluding carboxylic acids is 1. The number of hydrogen-bond acceptors (Lipinski definition) is 5. The molecule has 0 bridgehead atoms. The van der Waals surface area contributed by atoms with E-state index in [0.717, 1.165) is 22.6 Å². The predicted octanol–water partition coefficient (Wildman–Crippen LogP) is 2.33. The summed E-state index contributed by atoms with van der Waals surface area (Å²) in [6, 6.07) is 2.12. The van der Waals surface area contributed by atoms with Crippen molar-refractivity contribution in [2.45, 2.75) is 25.3 Å². The number of pyridine rings is 1. The highest BCUT2D eigenvalue weighted by atomic mass is 32.1. The Labute approximate surface area is 127 Å². The summed E-state index contributed by atoms with van der Waals surface area (Å²) < 4.78 is 6.58. The first-order chi connectivity index (χ1) is 10.3. The fourth-order valence-corrected chi connectivity index (χ4v) is 3.74. The van der Waals surface area contributed by atoms with Crippen molar-refractivity contribution >= 4 is 27.5 Å². The molecule has 110 valence electrons. The minimum atomic E-state index is 0.0464. The van der Waals surface area contributed by atoms with Crippen LogP contribution in [0.5, 0.6) is 0 Å². The van der Waals surface area contributed by atoms with E-state index in [2.05, 4.69) is 9.97 Å². The first kappa shape index (κ1) is 13.2. The monoisotopic (exact) mass is 303 g/mol. The zero-order valence-electron chi connectivity index (χ0n) is 11.7. The number of rotatable bonds is 3. The number of aromatic nitrogens is 2. The van der Waals surface area contributed by atoms with Crippen LogP contribution in [-0.4, -0.2) is 46.6 Å². The van der Waals surface area contributed by atoms with Crippen LogP contribution >= 0.6 is 11.3 Å². The second-order valence-corrected chi connectivity index (χ2v) is 6.80. The summed E-state index contributed by atoms with van der Waals surface area (Å²) in [5.74, 6) is 0.830. The van der Waals surface area contributed by atoms with Crippen molar-refractivity contribution in [3.8, 4) is 0 Å². The lowest BCUT2D eigenvalue weighted by molar-refractivity contribution is -0.00569. The van der Waals surface area contributed by atoms with Gasteiger partial charge in [-0.3, -0.25) is 9.78 Å². The molecular formula is C15H17N3O2S. The molecule has 0 radical (unpaired) electrons. The number of nitrogens with zero attached hydrogens (tertiary/aromatic N) is 3. The fourth-order valence-electron chi connectivity index (χ4n) is 2.85. The number of ether oxygens (including phenoxy) is 1. The topological polar surface area (TPSA) is 55.3 Å². The Balaban J connectivity index is 1.58. The van der Waals surface area contributed by atoms with Crippen molar-refractivity contribution in [2.75, 3.05) is 19.8 Å². The highest BCUT2D eigenvalue weighted by molar-refractivity contribution is 7.20. The van der Waals surface area contributed by atoms with Gasteiger partial charge in [0.2, 0.25) is 0 Å². The third-order valence-corrected chi connectivity index (χ3v) is 5.19. The van der Waals surface area contributed by atoms with Crippen LogP contribution in [0.25, 0.3) is 10.2 Å². The molecule has 0 N–H and O–H groups in total. The van der Waals surface area contributed by atoms with Gasteiger partial charge in [-0.05, 0) is 18.4 Å². The summed E-state index contributed by atoms with van der Waals surface area (Å²) in [6.07, 6.45) is 7.11. The van der Waals surface area contributed by atoms with E-state index < -0.39 is 0 Å². The van der Waals surface area contributed by atoms with Gasteiger partial charge in [0, 0.05) is 12.7 Å². The number of thiazole rings is 1. The maximum absolute atomic E-state index is 12.8. The molecular weight excluding hydrogens is 286 g/mol. The van der Waals surface area contributed by atoms with Crippen molar-refractivity contribution in [2.24, 2.45) is 5.92 Å². The van der Waals surface area contributed by atoms with E-state index in [1.807, 2.05) is 11.0 Å². The summed E-state index contributed by atoms with van der Waals surface area (Å²) in [4.78, 5) is 23.2. The molecule has 1 aliphatic heterocycles. The van der Waals surface area contributed by atoms with E-state index in [0.29, 0.717) is 24.8 Å². The highest BCUT2D eigenvalue weighted by Gasteiger charge is 2.34. The van der Waals surface area contributed by atoms with Gasteiger partial charge in [-0.2, -0.15) is 0 Å². The molecule has 5 nitrogen and oxygen atoms in total. The molecule has 1 saturated heterocycles. The average molecular weight is 303 g/mol. The third-order valence-electron chi connectivity index (χ3n) is 4.16. The van der Waals surface area contributed by atoms with E-state index in [4.69, 9.17) is 4.74 Å². The Morgan fingerprint density at radius 3 is 3.19 bits per heavy atom. The second kappa shape index (κ2) is 5.35. The lowest BCUT2D eigenvalue weighted by atomic mass is 10.1. The Morgan fingerprint density at radius 2 is 2.38 bits per heavy atom. The number of amides is 1. The maximum atomic E-state index is 12.8. The summed E-state index contributed by atoms with van der Waals surface area (Å²) >= 11 is 1.45. The number of fused-ring (bicyclic) bond motifs is 1. The average Bonchev–Trinajstić information content (AvgIpc) is 3.22. The largest absolute Gasteiger partial charge is 0.377 e. The number of morpholine rings is 1. The fraction of sp³-hybridized carbons (Fsp3) is 0.533. The van der Waals surface area contributed by atoms with Crippen LogP contribution in [0.15, 0.2) is 18.5 Å². The van der Waals surface area contributed by atoms with E-state index >= 15 is 0 Å². The molecule has 2 aromatic heterocycles. The summed E-state index contributed by atoms with van der Waals surface area (Å²) in [7, 11) is 0. The summed E-state index contributed by atoms with van der Waals surface area (Å²) in [6.45, 7) is 1.96. The highest BCUT2D eigenvalue weighted by Crippen LogP contribution is 2.35. The Bertz CT molecular complexity index is 635. The predicted molar refractivity (Wildman–Crippen MR) is 80.4 cm³/mol. The Hall–Kier alpha value is -1.53. The molecule has 0 spiro atoms. The van der Waals surface area contributed by atoms with Crippen molar-refractivity contribution in [3.05, 3.63) is 23.5 Å². The van der Waals surface area contributed by atoms with Gasteiger partial charge >= 0.3 is 0 Å². The van der Waals surface area contributed by atoms with Crippen molar-refractivity contribution < 1.29 is 9.53 Å². The van der Waals surface area contributed by atoms with Crippen molar-refractivity contribution in [3.63, 3.8) is 0 Å². The lowest BCUT2D eigenvalue weighted by Crippen LogP contribution is -2.48. The zero-order valence-corrected chi connectivity index (χ0v) is 12.5. The van der Waals surface area contributed by atoms with Crippen LogP contribution in [0.2, 0.25) is 0 Å². The standard InChI is InChI=1S/C15H17N3O2S/c19-15(14-17-12-8-16-4-3-13(12)21-14)18-5-6-20-9-11(18)7-10-1-2-10/h3-4,8,10-11H,1-2,5-7,9H2/t11-/m0/s1. The quantitative estimate of drug-likeness (QED) is 0.873. The molecule has 21 heavy (non-hydrogen) atoms. The Kier molecular flexibility index (Phi) is 3.35. The third kappa shape index (κ3) is 2.65. The van der Waals surface area contributed by atoms with Crippen LogP contribution in [0, 0.1) is 5.92 Å². The van der Waals surface area contributed by atoms with E-state index in [-0.39, 0.29) is 11.9 Å². The van der Waals surface area contributed by atoms with Crippen LogP contribution in [-0.2, 0) is 4.74 Å². The van der Waals surface area contributed by atoms with Gasteiger partial charge < -0.3 is 9.64 Å². The van der Waals surface area contributed by atoms with Crippen molar-refractivity contribution in [1.82, 2.24) is 14.9 Å². The SMILES string of the molecule is O=C(c1nc2cnccc2s1)N1CCOC[C@@H]1CC1CC1.